The summed E-state index contributed by atoms with van der Waals surface area (Å²) in [4.78, 5) is 29.0. The van der Waals surface area contributed by atoms with Crippen molar-refractivity contribution in [3.63, 3.8) is 0 Å². The fourth-order valence-corrected chi connectivity index (χ4v) is 4.63. The van der Waals surface area contributed by atoms with Crippen molar-refractivity contribution in [1.82, 2.24) is 4.90 Å². The van der Waals surface area contributed by atoms with Crippen molar-refractivity contribution in [2.24, 2.45) is 0 Å². The van der Waals surface area contributed by atoms with E-state index in [1.165, 1.54) is 6.08 Å². The molecule has 6 nitrogen and oxygen atoms in total. The fraction of sp³-hybridized carbons (Fsp3) is 0.259. The molecule has 1 aliphatic rings. The van der Waals surface area contributed by atoms with Crippen LogP contribution in [0, 0.1) is 0 Å². The predicted octanol–water partition coefficient (Wildman–Crippen LogP) is 7.01. The molecule has 1 fully saturated rings. The van der Waals surface area contributed by atoms with Gasteiger partial charge in [0.15, 0.2) is 0 Å². The van der Waals surface area contributed by atoms with E-state index < -0.39 is 0 Å². The number of nitrogens with one attached hydrogen (secondary N) is 1. The molecule has 2 heterocycles. The lowest BCUT2D eigenvalue weighted by Crippen LogP contribution is -2.48. The molecule has 2 aromatic carbocycles. The van der Waals surface area contributed by atoms with Gasteiger partial charge < -0.3 is 19.5 Å². The van der Waals surface area contributed by atoms with Crippen molar-refractivity contribution in [1.29, 1.82) is 0 Å². The summed E-state index contributed by atoms with van der Waals surface area (Å²) in [5, 5.41) is 4.28. The van der Waals surface area contributed by atoms with E-state index in [0.29, 0.717) is 70.4 Å². The van der Waals surface area contributed by atoms with Crippen molar-refractivity contribution in [3.8, 4) is 11.3 Å². The molecule has 0 unspecified atom stereocenters. The first-order valence-corrected chi connectivity index (χ1v) is 12.8. The maximum Gasteiger partial charge on any atom is 0.248 e. The zero-order chi connectivity index (χ0) is 25.7. The van der Waals surface area contributed by atoms with Crippen LogP contribution < -0.4 is 10.2 Å². The second-order valence-corrected chi connectivity index (χ2v) is 9.63. The maximum atomic E-state index is 12.7. The summed E-state index contributed by atoms with van der Waals surface area (Å²) in [7, 11) is 0. The average molecular weight is 547 g/mol. The molecular weight excluding hydrogens is 521 g/mol. The molecule has 0 radical (unpaired) electrons. The summed E-state index contributed by atoms with van der Waals surface area (Å²) >= 11 is 18.6. The van der Waals surface area contributed by atoms with E-state index in [1.807, 2.05) is 24.0 Å². The van der Waals surface area contributed by atoms with E-state index in [4.69, 9.17) is 39.2 Å². The zero-order valence-corrected chi connectivity index (χ0v) is 22.0. The summed E-state index contributed by atoms with van der Waals surface area (Å²) in [5.41, 5.74) is 2.14. The summed E-state index contributed by atoms with van der Waals surface area (Å²) < 4.78 is 5.82. The molecule has 1 saturated heterocycles. The van der Waals surface area contributed by atoms with E-state index in [2.05, 4.69) is 10.2 Å². The Morgan fingerprint density at radius 2 is 1.81 bits per heavy atom. The van der Waals surface area contributed by atoms with Crippen LogP contribution in [-0.4, -0.2) is 42.9 Å². The van der Waals surface area contributed by atoms with Gasteiger partial charge in [0.05, 0.1) is 21.4 Å². The maximum absolute atomic E-state index is 12.7. The number of furan rings is 1. The van der Waals surface area contributed by atoms with Gasteiger partial charge in [-0.1, -0.05) is 47.8 Å². The molecule has 1 aromatic heterocycles. The highest BCUT2D eigenvalue weighted by Gasteiger charge is 2.22. The lowest BCUT2D eigenvalue weighted by Gasteiger charge is -2.37. The highest BCUT2D eigenvalue weighted by atomic mass is 35.5. The third-order valence-electron chi connectivity index (χ3n) is 5.90. The van der Waals surface area contributed by atoms with E-state index in [-0.39, 0.29) is 11.8 Å². The first-order valence-electron chi connectivity index (χ1n) is 11.7. The Bertz CT molecular complexity index is 1280. The Kier molecular flexibility index (Phi) is 8.62. The molecule has 0 bridgehead atoms. The third kappa shape index (κ3) is 6.25. The summed E-state index contributed by atoms with van der Waals surface area (Å²) in [6.07, 6.45) is 4.39. The van der Waals surface area contributed by atoms with Crippen molar-refractivity contribution in [2.75, 3.05) is 36.4 Å². The molecule has 0 atom stereocenters. The summed E-state index contributed by atoms with van der Waals surface area (Å²) in [5.74, 6) is 0.909. The Morgan fingerprint density at radius 1 is 1.03 bits per heavy atom. The third-order valence-corrected chi connectivity index (χ3v) is 6.95. The summed E-state index contributed by atoms with van der Waals surface area (Å²) in [6.45, 7) is 4.65. The van der Waals surface area contributed by atoms with Crippen LogP contribution in [-0.2, 0) is 9.59 Å². The monoisotopic (exact) mass is 545 g/mol. The molecule has 9 heteroatoms. The van der Waals surface area contributed by atoms with Gasteiger partial charge in [0, 0.05) is 49.3 Å². The fourth-order valence-electron chi connectivity index (χ4n) is 4.07. The number of benzene rings is 2. The number of piperazine rings is 1. The first-order chi connectivity index (χ1) is 17.4. The molecule has 0 aliphatic carbocycles. The van der Waals surface area contributed by atoms with Gasteiger partial charge in [0.2, 0.25) is 11.8 Å². The number of amides is 2. The van der Waals surface area contributed by atoms with E-state index in [0.717, 1.165) is 12.1 Å². The van der Waals surface area contributed by atoms with Crippen molar-refractivity contribution in [2.45, 2.75) is 19.8 Å². The second-order valence-electron chi connectivity index (χ2n) is 8.41. The molecule has 0 spiro atoms. The number of hydrogen-bond donors (Lipinski definition) is 1. The molecule has 4 rings (SSSR count). The van der Waals surface area contributed by atoms with Crippen LogP contribution in [0.15, 0.2) is 59.0 Å². The predicted molar refractivity (Wildman–Crippen MR) is 147 cm³/mol. The van der Waals surface area contributed by atoms with Crippen molar-refractivity contribution in [3.05, 3.63) is 75.4 Å². The quantitative estimate of drug-likeness (QED) is 0.324. The average Bonchev–Trinajstić information content (AvgIpc) is 3.34. The molecule has 1 N–H and O–H groups in total. The van der Waals surface area contributed by atoms with Gasteiger partial charge in [-0.05, 0) is 55.0 Å². The van der Waals surface area contributed by atoms with Crippen LogP contribution in [0.4, 0.5) is 11.4 Å². The van der Waals surface area contributed by atoms with Gasteiger partial charge in [-0.15, -0.1) is 0 Å². The minimum Gasteiger partial charge on any atom is -0.457 e. The number of carbonyl (C=O) groups is 2. The molecule has 1 aliphatic heterocycles. The summed E-state index contributed by atoms with van der Waals surface area (Å²) in [6, 6.07) is 14.2. The molecule has 36 heavy (non-hydrogen) atoms. The number of nitrogens with zero attached hydrogens (tertiary/aromatic N) is 2. The zero-order valence-electron chi connectivity index (χ0n) is 19.8. The minimum absolute atomic E-state index is 0.186. The van der Waals surface area contributed by atoms with Gasteiger partial charge in [-0.25, -0.2) is 0 Å². The topological polar surface area (TPSA) is 65.8 Å². The Labute approximate surface area is 225 Å². The minimum atomic E-state index is -0.325. The molecular formula is C27H26Cl3N3O3. The molecule has 0 saturated carbocycles. The number of anilines is 2. The number of halogens is 3. The van der Waals surface area contributed by atoms with E-state index in [9.17, 15) is 9.59 Å². The van der Waals surface area contributed by atoms with Crippen LogP contribution in [0.1, 0.15) is 25.5 Å². The molecule has 2 amide bonds. The Hall–Kier alpha value is -2.93. The smallest absolute Gasteiger partial charge is 0.248 e. The van der Waals surface area contributed by atoms with Gasteiger partial charge in [-0.2, -0.15) is 0 Å². The number of carbonyl (C=O) groups excluding carboxylic acids is 2. The van der Waals surface area contributed by atoms with E-state index >= 15 is 0 Å². The van der Waals surface area contributed by atoms with Crippen molar-refractivity contribution < 1.29 is 14.0 Å². The molecule has 188 valence electrons. The van der Waals surface area contributed by atoms with Gasteiger partial charge >= 0.3 is 0 Å². The lowest BCUT2D eigenvalue weighted by molar-refractivity contribution is -0.131. The van der Waals surface area contributed by atoms with Crippen LogP contribution in [0.2, 0.25) is 15.1 Å². The number of rotatable bonds is 7. The van der Waals surface area contributed by atoms with Crippen LogP contribution >= 0.6 is 34.8 Å². The van der Waals surface area contributed by atoms with Crippen LogP contribution in [0.25, 0.3) is 17.4 Å². The van der Waals surface area contributed by atoms with E-state index in [1.54, 1.807) is 42.5 Å². The van der Waals surface area contributed by atoms with Gasteiger partial charge in [0.25, 0.3) is 0 Å². The Morgan fingerprint density at radius 3 is 2.56 bits per heavy atom. The van der Waals surface area contributed by atoms with Crippen molar-refractivity contribution >= 4 is 64.1 Å². The Balaban J connectivity index is 1.43. The standard InChI is InChI=1S/C27H26Cl3N3O3/c1-2-4-26(35)33-15-13-32(14-16-33)23-10-7-18(28)17-22(23)31-25(34)12-9-19-8-11-24(36-19)20-5-3-6-21(29)27(20)30/h3,5-12,17H,2,4,13-16H2,1H3,(H,31,34)/b12-9+. The highest BCUT2D eigenvalue weighted by Crippen LogP contribution is 2.34. The largest absolute Gasteiger partial charge is 0.457 e. The molecule has 3 aromatic rings. The highest BCUT2D eigenvalue weighted by molar-refractivity contribution is 6.43. The normalized spacial score (nSPS) is 13.9. The SMILES string of the molecule is CCCC(=O)N1CCN(c2ccc(Cl)cc2NC(=O)/C=C/c2ccc(-c3cccc(Cl)c3Cl)o2)CC1. The van der Waals surface area contributed by atoms with Gasteiger partial charge in [-0.3, -0.25) is 9.59 Å². The van der Waals surface area contributed by atoms with Gasteiger partial charge in [0.1, 0.15) is 11.5 Å². The van der Waals surface area contributed by atoms with Crippen LogP contribution in [0.5, 0.6) is 0 Å². The lowest BCUT2D eigenvalue weighted by atomic mass is 10.2. The second kappa shape index (κ2) is 11.9. The number of hydrogen-bond acceptors (Lipinski definition) is 4. The first kappa shape index (κ1) is 26.1. The van der Waals surface area contributed by atoms with Crippen LogP contribution in [0.3, 0.4) is 0 Å².